The van der Waals surface area contributed by atoms with E-state index in [2.05, 4.69) is 28.7 Å². The maximum atomic E-state index is 9.40. The van der Waals surface area contributed by atoms with E-state index in [1.807, 2.05) is 30.3 Å². The Morgan fingerprint density at radius 2 is 1.86 bits per heavy atom. The molecule has 0 amide bonds. The fourth-order valence-electron chi connectivity index (χ4n) is 2.00. The first-order valence-corrected chi connectivity index (χ1v) is 7.84. The lowest BCUT2D eigenvalue weighted by molar-refractivity contribution is 0.353. The van der Waals surface area contributed by atoms with Crippen molar-refractivity contribution >= 4 is 45.8 Å². The van der Waals surface area contributed by atoms with Gasteiger partial charge in [-0.15, -0.1) is 0 Å². The van der Waals surface area contributed by atoms with Crippen molar-refractivity contribution in [1.82, 2.24) is 0 Å². The Morgan fingerprint density at radius 1 is 1.18 bits per heavy atom. The number of nitriles is 1. The van der Waals surface area contributed by atoms with Crippen LogP contribution in [0.1, 0.15) is 11.1 Å². The second-order valence-electron chi connectivity index (χ2n) is 4.41. The first-order chi connectivity index (χ1) is 10.6. The summed E-state index contributed by atoms with van der Waals surface area (Å²) in [4.78, 5) is 0. The van der Waals surface area contributed by atoms with Gasteiger partial charge in [-0.2, -0.15) is 5.26 Å². The molecule has 2 aromatic rings. The third-order valence-electron chi connectivity index (χ3n) is 3.04. The lowest BCUT2D eigenvalue weighted by Crippen LogP contribution is -1.94. The highest BCUT2D eigenvalue weighted by atomic mass is 127. The second-order valence-corrected chi connectivity index (χ2v) is 6.01. The van der Waals surface area contributed by atoms with Gasteiger partial charge in [0.2, 0.25) is 0 Å². The van der Waals surface area contributed by atoms with E-state index in [4.69, 9.17) is 21.1 Å². The first kappa shape index (κ1) is 16.7. The highest BCUT2D eigenvalue weighted by Gasteiger charge is 2.10. The van der Waals surface area contributed by atoms with Crippen molar-refractivity contribution in [2.45, 2.75) is 0 Å². The summed E-state index contributed by atoms with van der Waals surface area (Å²) in [5.41, 5.74) is 2.24. The summed E-state index contributed by atoms with van der Waals surface area (Å²) < 4.78 is 11.6. The molecule has 0 aliphatic heterocycles. The van der Waals surface area contributed by atoms with E-state index < -0.39 is 0 Å². The number of hydrogen-bond donors (Lipinski definition) is 0. The summed E-state index contributed by atoms with van der Waals surface area (Å²) in [6.07, 6.45) is 1.81. The molecule has 0 N–H and O–H groups in total. The summed E-state index contributed by atoms with van der Waals surface area (Å²) in [7, 11) is 3.19. The van der Waals surface area contributed by atoms with Crippen LogP contribution in [0.5, 0.6) is 11.5 Å². The van der Waals surface area contributed by atoms with E-state index in [1.54, 1.807) is 26.4 Å². The molecule has 0 fully saturated rings. The minimum absolute atomic E-state index is 0.555. The summed E-state index contributed by atoms with van der Waals surface area (Å²) in [5.74, 6) is 1.32. The Morgan fingerprint density at radius 3 is 2.41 bits per heavy atom. The zero-order valence-electron chi connectivity index (χ0n) is 12.1. The molecule has 0 unspecified atom stereocenters. The van der Waals surface area contributed by atoms with E-state index in [9.17, 15) is 5.26 Å². The van der Waals surface area contributed by atoms with E-state index in [0.29, 0.717) is 22.1 Å². The van der Waals surface area contributed by atoms with Gasteiger partial charge in [0.15, 0.2) is 11.5 Å². The van der Waals surface area contributed by atoms with Crippen LogP contribution in [0.25, 0.3) is 11.6 Å². The van der Waals surface area contributed by atoms with Crippen LogP contribution in [0.4, 0.5) is 0 Å². The highest BCUT2D eigenvalue weighted by molar-refractivity contribution is 14.1. The number of methoxy groups -OCH3 is 2. The molecule has 3 nitrogen and oxygen atoms in total. The second kappa shape index (κ2) is 7.52. The van der Waals surface area contributed by atoms with Gasteiger partial charge >= 0.3 is 0 Å². The highest BCUT2D eigenvalue weighted by Crippen LogP contribution is 2.34. The van der Waals surface area contributed by atoms with Gasteiger partial charge in [0, 0.05) is 5.02 Å². The summed E-state index contributed by atoms with van der Waals surface area (Å²) in [5, 5.41) is 10.0. The maximum absolute atomic E-state index is 9.40. The van der Waals surface area contributed by atoms with Crippen LogP contribution >= 0.6 is 34.2 Å². The molecule has 2 rings (SSSR count). The van der Waals surface area contributed by atoms with Gasteiger partial charge in [0.1, 0.15) is 0 Å². The number of rotatable bonds is 4. The van der Waals surface area contributed by atoms with E-state index in [1.165, 1.54) is 0 Å². The third-order valence-corrected chi connectivity index (χ3v) is 4.10. The van der Waals surface area contributed by atoms with Crippen LogP contribution < -0.4 is 9.47 Å². The molecular weight excluding hydrogens is 413 g/mol. The third kappa shape index (κ3) is 3.73. The Bertz CT molecular complexity index is 748. The number of benzene rings is 2. The van der Waals surface area contributed by atoms with Gasteiger partial charge in [-0.3, -0.25) is 0 Å². The Hall–Kier alpha value is -1.71. The first-order valence-electron chi connectivity index (χ1n) is 6.38. The van der Waals surface area contributed by atoms with Crippen molar-refractivity contribution in [2.24, 2.45) is 0 Å². The van der Waals surface area contributed by atoms with E-state index >= 15 is 0 Å². The molecule has 0 aliphatic carbocycles. The Balaban J connectivity index is 2.48. The van der Waals surface area contributed by atoms with Crippen molar-refractivity contribution in [3.8, 4) is 17.6 Å². The van der Waals surface area contributed by atoms with Crippen molar-refractivity contribution in [1.29, 1.82) is 5.26 Å². The topological polar surface area (TPSA) is 42.2 Å². The van der Waals surface area contributed by atoms with Gasteiger partial charge < -0.3 is 9.47 Å². The SMILES string of the molecule is COc1cc(/C=C(/C#N)c2ccc(Cl)cc2)cc(I)c1OC. The van der Waals surface area contributed by atoms with E-state index in [-0.39, 0.29) is 0 Å². The largest absolute Gasteiger partial charge is 0.493 e. The molecule has 2 aromatic carbocycles. The molecule has 0 radical (unpaired) electrons. The van der Waals surface area contributed by atoms with Crippen LogP contribution in [0, 0.1) is 14.9 Å². The molecule has 0 saturated heterocycles. The summed E-state index contributed by atoms with van der Waals surface area (Å²) in [6.45, 7) is 0. The molecule has 0 saturated carbocycles. The zero-order chi connectivity index (χ0) is 16.1. The van der Waals surface area contributed by atoms with Crippen LogP contribution in [-0.4, -0.2) is 14.2 Å². The molecule has 0 heterocycles. The predicted octanol–water partition coefficient (Wildman–Crippen LogP) is 5.03. The lowest BCUT2D eigenvalue weighted by Gasteiger charge is -2.10. The summed E-state index contributed by atoms with van der Waals surface area (Å²) >= 11 is 8.06. The van der Waals surface area contributed by atoms with Crippen LogP contribution in [-0.2, 0) is 0 Å². The monoisotopic (exact) mass is 425 g/mol. The molecule has 0 spiro atoms. The molecular formula is C17H13ClINO2. The average molecular weight is 426 g/mol. The van der Waals surface area contributed by atoms with Crippen molar-refractivity contribution < 1.29 is 9.47 Å². The van der Waals surface area contributed by atoms with Crippen LogP contribution in [0.15, 0.2) is 36.4 Å². The molecule has 0 bridgehead atoms. The van der Waals surface area contributed by atoms with E-state index in [0.717, 1.165) is 14.7 Å². The number of ether oxygens (including phenoxy) is 2. The van der Waals surface area contributed by atoms with Gasteiger partial charge in [-0.1, -0.05) is 23.7 Å². The average Bonchev–Trinajstić information content (AvgIpc) is 2.53. The molecule has 0 aliphatic rings. The normalized spacial score (nSPS) is 11.0. The maximum Gasteiger partial charge on any atom is 0.174 e. The number of halogens is 2. The number of hydrogen-bond acceptors (Lipinski definition) is 3. The van der Waals surface area contributed by atoms with Gasteiger partial charge in [-0.25, -0.2) is 0 Å². The van der Waals surface area contributed by atoms with Crippen molar-refractivity contribution in [2.75, 3.05) is 14.2 Å². The van der Waals surface area contributed by atoms with Crippen LogP contribution in [0.3, 0.4) is 0 Å². The van der Waals surface area contributed by atoms with Gasteiger partial charge in [-0.05, 0) is 64.1 Å². The quantitative estimate of drug-likeness (QED) is 0.392. The smallest absolute Gasteiger partial charge is 0.174 e. The molecule has 5 heteroatoms. The molecule has 112 valence electrons. The fraction of sp³-hybridized carbons (Fsp3) is 0.118. The zero-order valence-corrected chi connectivity index (χ0v) is 15.0. The number of allylic oxidation sites excluding steroid dienone is 1. The lowest BCUT2D eigenvalue weighted by atomic mass is 10.0. The standard InChI is InChI=1S/C17H13ClINO2/c1-21-16-9-11(8-15(19)17(16)22-2)7-13(10-20)12-3-5-14(18)6-4-12/h3-9H,1-2H3/b13-7-. The van der Waals surface area contributed by atoms with Crippen molar-refractivity contribution in [3.05, 3.63) is 56.1 Å². The predicted molar refractivity (Wildman–Crippen MR) is 97.2 cm³/mol. The molecule has 0 aromatic heterocycles. The molecule has 0 atom stereocenters. The molecule has 22 heavy (non-hydrogen) atoms. The Kier molecular flexibility index (Phi) is 5.69. The minimum Gasteiger partial charge on any atom is -0.493 e. The van der Waals surface area contributed by atoms with Gasteiger partial charge in [0.25, 0.3) is 0 Å². The van der Waals surface area contributed by atoms with Crippen molar-refractivity contribution in [3.63, 3.8) is 0 Å². The van der Waals surface area contributed by atoms with Crippen LogP contribution in [0.2, 0.25) is 5.02 Å². The fourth-order valence-corrected chi connectivity index (χ4v) is 2.97. The Labute approximate surface area is 148 Å². The summed E-state index contributed by atoms with van der Waals surface area (Å²) in [6, 6.07) is 13.2. The minimum atomic E-state index is 0.555. The van der Waals surface area contributed by atoms with Gasteiger partial charge in [0.05, 0.1) is 29.4 Å². The number of nitrogens with zero attached hydrogens (tertiary/aromatic N) is 1.